The Labute approximate surface area is 89.5 Å². The molecule has 1 rings (SSSR count). The summed E-state index contributed by atoms with van der Waals surface area (Å²) in [6.07, 6.45) is 1.08. The zero-order valence-electron chi connectivity index (χ0n) is 9.04. The van der Waals surface area contributed by atoms with E-state index in [2.05, 4.69) is 22.6 Å². The fourth-order valence-corrected chi connectivity index (χ4v) is 1.96. The smallest absolute Gasteiger partial charge is 0.107 e. The summed E-state index contributed by atoms with van der Waals surface area (Å²) >= 11 is 1.71. The third kappa shape index (κ3) is 3.74. The van der Waals surface area contributed by atoms with Gasteiger partial charge in [-0.3, -0.25) is 0 Å². The van der Waals surface area contributed by atoms with Crippen LogP contribution in [0.4, 0.5) is 0 Å². The highest BCUT2D eigenvalue weighted by atomic mass is 32.1. The van der Waals surface area contributed by atoms with Gasteiger partial charge in [-0.25, -0.2) is 4.98 Å². The Hall–Kier alpha value is -0.450. The largest absolute Gasteiger partial charge is 0.383 e. The molecule has 1 aromatic heterocycles. The van der Waals surface area contributed by atoms with Crippen molar-refractivity contribution in [1.29, 1.82) is 0 Å². The monoisotopic (exact) mass is 214 g/mol. The van der Waals surface area contributed by atoms with Gasteiger partial charge in [0.05, 0.1) is 6.61 Å². The van der Waals surface area contributed by atoms with E-state index in [4.69, 9.17) is 4.74 Å². The van der Waals surface area contributed by atoms with Crippen LogP contribution in [0.15, 0.2) is 5.38 Å². The molecule has 14 heavy (non-hydrogen) atoms. The van der Waals surface area contributed by atoms with E-state index >= 15 is 0 Å². The zero-order chi connectivity index (χ0) is 10.4. The molecule has 1 heterocycles. The van der Waals surface area contributed by atoms with Gasteiger partial charge in [-0.05, 0) is 13.3 Å². The zero-order valence-corrected chi connectivity index (χ0v) is 9.86. The van der Waals surface area contributed by atoms with Crippen molar-refractivity contribution in [3.8, 4) is 0 Å². The van der Waals surface area contributed by atoms with Crippen LogP contribution < -0.4 is 5.32 Å². The molecule has 1 unspecified atom stereocenters. The molecule has 0 radical (unpaired) electrons. The van der Waals surface area contributed by atoms with Crippen LogP contribution in [0.2, 0.25) is 0 Å². The normalized spacial score (nSPS) is 13.1. The number of thiazole rings is 1. The quantitative estimate of drug-likeness (QED) is 0.786. The Bertz CT molecular complexity index is 262. The van der Waals surface area contributed by atoms with Gasteiger partial charge in [0.2, 0.25) is 0 Å². The molecule has 0 aliphatic heterocycles. The molecule has 0 saturated carbocycles. The fraction of sp³-hybridized carbons (Fsp3) is 0.700. The van der Waals surface area contributed by atoms with Gasteiger partial charge in [0, 0.05) is 30.8 Å². The SMILES string of the molecule is CCC(COC)NCc1nc(C)cs1. The number of hydrogen-bond acceptors (Lipinski definition) is 4. The molecule has 0 fully saturated rings. The molecule has 0 aliphatic rings. The second kappa shape index (κ2) is 6.11. The fourth-order valence-electron chi connectivity index (χ4n) is 1.24. The van der Waals surface area contributed by atoms with E-state index in [1.165, 1.54) is 0 Å². The Morgan fingerprint density at radius 3 is 2.93 bits per heavy atom. The molecule has 80 valence electrons. The summed E-state index contributed by atoms with van der Waals surface area (Å²) in [5, 5.41) is 6.65. The number of ether oxygens (including phenoxy) is 1. The van der Waals surface area contributed by atoms with Crippen molar-refractivity contribution in [3.63, 3.8) is 0 Å². The van der Waals surface area contributed by atoms with Gasteiger partial charge in [-0.15, -0.1) is 11.3 Å². The first-order valence-electron chi connectivity index (χ1n) is 4.89. The molecule has 1 aromatic rings. The van der Waals surface area contributed by atoms with Crippen molar-refractivity contribution in [3.05, 3.63) is 16.1 Å². The van der Waals surface area contributed by atoms with Gasteiger partial charge in [0.15, 0.2) is 0 Å². The molecule has 0 aromatic carbocycles. The van der Waals surface area contributed by atoms with Crippen LogP contribution in [0.3, 0.4) is 0 Å². The maximum Gasteiger partial charge on any atom is 0.107 e. The van der Waals surface area contributed by atoms with Crippen LogP contribution in [0.1, 0.15) is 24.0 Å². The van der Waals surface area contributed by atoms with E-state index in [0.717, 1.165) is 30.3 Å². The standard InChI is InChI=1S/C10H18N2OS/c1-4-9(6-13-3)11-5-10-12-8(2)7-14-10/h7,9,11H,4-6H2,1-3H3. The summed E-state index contributed by atoms with van der Waals surface area (Å²) < 4.78 is 5.11. The molecule has 4 heteroatoms. The van der Waals surface area contributed by atoms with Gasteiger partial charge < -0.3 is 10.1 Å². The molecule has 0 spiro atoms. The van der Waals surface area contributed by atoms with Gasteiger partial charge in [0.1, 0.15) is 5.01 Å². The number of nitrogens with zero attached hydrogens (tertiary/aromatic N) is 1. The highest BCUT2D eigenvalue weighted by Gasteiger charge is 2.05. The van der Waals surface area contributed by atoms with Crippen LogP contribution >= 0.6 is 11.3 Å². The third-order valence-electron chi connectivity index (χ3n) is 2.07. The van der Waals surface area contributed by atoms with Crippen LogP contribution in [0, 0.1) is 6.92 Å². The Balaban J connectivity index is 2.31. The highest BCUT2D eigenvalue weighted by Crippen LogP contribution is 2.08. The molecule has 0 aliphatic carbocycles. The molecule has 3 nitrogen and oxygen atoms in total. The third-order valence-corrected chi connectivity index (χ3v) is 3.04. The van der Waals surface area contributed by atoms with E-state index in [0.29, 0.717) is 6.04 Å². The van der Waals surface area contributed by atoms with Crippen LogP contribution in [-0.4, -0.2) is 24.7 Å². The van der Waals surface area contributed by atoms with Gasteiger partial charge in [-0.2, -0.15) is 0 Å². The molecule has 0 saturated heterocycles. The van der Waals surface area contributed by atoms with E-state index in [9.17, 15) is 0 Å². The van der Waals surface area contributed by atoms with Crippen LogP contribution in [0.25, 0.3) is 0 Å². The lowest BCUT2D eigenvalue weighted by atomic mass is 10.2. The van der Waals surface area contributed by atoms with Crippen molar-refractivity contribution in [2.24, 2.45) is 0 Å². The Morgan fingerprint density at radius 1 is 1.64 bits per heavy atom. The first kappa shape index (κ1) is 11.6. The van der Waals surface area contributed by atoms with E-state index in [1.54, 1.807) is 18.4 Å². The van der Waals surface area contributed by atoms with Crippen molar-refractivity contribution in [1.82, 2.24) is 10.3 Å². The minimum absolute atomic E-state index is 0.434. The Morgan fingerprint density at radius 2 is 2.43 bits per heavy atom. The van der Waals surface area contributed by atoms with E-state index in [-0.39, 0.29) is 0 Å². The lowest BCUT2D eigenvalue weighted by molar-refractivity contribution is 0.164. The second-order valence-electron chi connectivity index (χ2n) is 3.32. The molecular formula is C10H18N2OS. The number of aryl methyl sites for hydroxylation is 1. The number of hydrogen-bond donors (Lipinski definition) is 1. The minimum Gasteiger partial charge on any atom is -0.383 e. The van der Waals surface area contributed by atoms with E-state index in [1.807, 2.05) is 6.92 Å². The molecule has 0 amide bonds. The molecular weight excluding hydrogens is 196 g/mol. The highest BCUT2D eigenvalue weighted by molar-refractivity contribution is 7.09. The number of rotatable bonds is 6. The summed E-state index contributed by atoms with van der Waals surface area (Å²) in [4.78, 5) is 4.39. The maximum absolute atomic E-state index is 5.11. The van der Waals surface area contributed by atoms with Gasteiger partial charge in [-0.1, -0.05) is 6.92 Å². The number of nitrogens with one attached hydrogen (secondary N) is 1. The summed E-state index contributed by atoms with van der Waals surface area (Å²) in [6.45, 7) is 5.79. The summed E-state index contributed by atoms with van der Waals surface area (Å²) in [5.74, 6) is 0. The van der Waals surface area contributed by atoms with Crippen molar-refractivity contribution >= 4 is 11.3 Å². The average Bonchev–Trinajstić information content (AvgIpc) is 2.59. The predicted molar refractivity (Wildman–Crippen MR) is 59.6 cm³/mol. The van der Waals surface area contributed by atoms with Crippen LogP contribution in [-0.2, 0) is 11.3 Å². The maximum atomic E-state index is 5.11. The number of methoxy groups -OCH3 is 1. The van der Waals surface area contributed by atoms with Crippen LogP contribution in [0.5, 0.6) is 0 Å². The topological polar surface area (TPSA) is 34.1 Å². The molecule has 1 atom stereocenters. The summed E-state index contributed by atoms with van der Waals surface area (Å²) in [6, 6.07) is 0.434. The Kier molecular flexibility index (Phi) is 5.07. The first-order chi connectivity index (χ1) is 6.76. The van der Waals surface area contributed by atoms with Crippen molar-refractivity contribution in [2.45, 2.75) is 32.9 Å². The first-order valence-corrected chi connectivity index (χ1v) is 5.77. The minimum atomic E-state index is 0.434. The van der Waals surface area contributed by atoms with Gasteiger partial charge >= 0.3 is 0 Å². The molecule has 0 bridgehead atoms. The van der Waals surface area contributed by atoms with Crippen molar-refractivity contribution in [2.75, 3.05) is 13.7 Å². The van der Waals surface area contributed by atoms with E-state index < -0.39 is 0 Å². The summed E-state index contributed by atoms with van der Waals surface area (Å²) in [5.41, 5.74) is 1.10. The van der Waals surface area contributed by atoms with Crippen molar-refractivity contribution < 1.29 is 4.74 Å². The lowest BCUT2D eigenvalue weighted by Gasteiger charge is -2.14. The number of aromatic nitrogens is 1. The van der Waals surface area contributed by atoms with Gasteiger partial charge in [0.25, 0.3) is 0 Å². The summed E-state index contributed by atoms with van der Waals surface area (Å²) in [7, 11) is 1.73. The lowest BCUT2D eigenvalue weighted by Crippen LogP contribution is -2.31. The second-order valence-corrected chi connectivity index (χ2v) is 4.27. The predicted octanol–water partition coefficient (Wildman–Crippen LogP) is 1.97. The molecule has 1 N–H and O–H groups in total. The average molecular weight is 214 g/mol.